The van der Waals surface area contributed by atoms with Crippen LogP contribution in [0.4, 0.5) is 21.3 Å². The van der Waals surface area contributed by atoms with E-state index >= 15 is 0 Å². The van der Waals surface area contributed by atoms with Crippen molar-refractivity contribution in [3.63, 3.8) is 0 Å². The largest absolute Gasteiger partial charge is 0.366 e. The van der Waals surface area contributed by atoms with E-state index in [4.69, 9.17) is 5.26 Å². The van der Waals surface area contributed by atoms with Gasteiger partial charge in [0.25, 0.3) is 5.91 Å². The van der Waals surface area contributed by atoms with Crippen molar-refractivity contribution in [2.75, 3.05) is 22.1 Å². The van der Waals surface area contributed by atoms with Gasteiger partial charge in [0.1, 0.15) is 0 Å². The second-order valence-corrected chi connectivity index (χ2v) is 9.06. The number of aromatic nitrogens is 1. The highest BCUT2D eigenvalue weighted by molar-refractivity contribution is 7.15. The topological polar surface area (TPSA) is 110 Å². The fourth-order valence-corrected chi connectivity index (χ4v) is 4.62. The maximum Gasteiger partial charge on any atom is 0.325 e. The molecule has 3 N–H and O–H groups in total. The van der Waals surface area contributed by atoms with Crippen molar-refractivity contribution < 1.29 is 9.59 Å². The smallest absolute Gasteiger partial charge is 0.325 e. The number of nitriles is 1. The number of amides is 3. The maximum absolute atomic E-state index is 12.6. The molecule has 3 aromatic rings. The quantitative estimate of drug-likeness (QED) is 0.524. The number of para-hydroxylation sites is 1. The molecule has 1 aliphatic rings. The number of anilines is 3. The molecule has 2 heterocycles. The molecule has 0 unspecified atom stereocenters. The van der Waals surface area contributed by atoms with Crippen LogP contribution >= 0.6 is 11.3 Å². The SMILES string of the molecule is CC(C)NC(=O)c1ccccc1NC(=O)Nc1nc2c(s1)CN(c1ccc(C#N)cc1)CC2. The van der Waals surface area contributed by atoms with Crippen molar-refractivity contribution in [2.24, 2.45) is 0 Å². The Bertz CT molecular complexity index is 1210. The highest BCUT2D eigenvalue weighted by atomic mass is 32.1. The third-order valence-electron chi connectivity index (χ3n) is 5.15. The van der Waals surface area contributed by atoms with E-state index < -0.39 is 6.03 Å². The Balaban J connectivity index is 1.42. The third-order valence-corrected chi connectivity index (χ3v) is 6.15. The van der Waals surface area contributed by atoms with E-state index in [0.29, 0.717) is 28.5 Å². The molecule has 9 heteroatoms. The van der Waals surface area contributed by atoms with Crippen LogP contribution in [0.15, 0.2) is 48.5 Å². The van der Waals surface area contributed by atoms with E-state index in [1.54, 1.807) is 24.3 Å². The number of urea groups is 1. The second kappa shape index (κ2) is 9.71. The number of benzene rings is 2. The van der Waals surface area contributed by atoms with Crippen LogP contribution in [0.3, 0.4) is 0 Å². The number of nitrogens with zero attached hydrogens (tertiary/aromatic N) is 3. The first-order valence-corrected chi connectivity index (χ1v) is 11.5. The molecule has 3 amide bonds. The van der Waals surface area contributed by atoms with Gasteiger partial charge in [-0.05, 0) is 50.2 Å². The monoisotopic (exact) mass is 460 g/mol. The summed E-state index contributed by atoms with van der Waals surface area (Å²) in [5.41, 5.74) is 3.50. The van der Waals surface area contributed by atoms with Gasteiger partial charge < -0.3 is 15.5 Å². The molecule has 0 radical (unpaired) electrons. The van der Waals surface area contributed by atoms with Gasteiger partial charge in [-0.25, -0.2) is 9.78 Å². The van der Waals surface area contributed by atoms with Gasteiger partial charge >= 0.3 is 6.03 Å². The van der Waals surface area contributed by atoms with Crippen LogP contribution in [-0.4, -0.2) is 29.5 Å². The van der Waals surface area contributed by atoms with Crippen LogP contribution in [0.5, 0.6) is 0 Å². The zero-order valence-corrected chi connectivity index (χ0v) is 19.2. The fraction of sp³-hybridized carbons (Fsp3) is 0.250. The zero-order chi connectivity index (χ0) is 23.4. The number of fused-ring (bicyclic) bond motifs is 1. The molecule has 1 aliphatic heterocycles. The van der Waals surface area contributed by atoms with Crippen molar-refractivity contribution in [3.8, 4) is 6.07 Å². The van der Waals surface area contributed by atoms with Crippen molar-refractivity contribution in [3.05, 3.63) is 70.2 Å². The van der Waals surface area contributed by atoms with Crippen LogP contribution < -0.4 is 20.9 Å². The number of carbonyl (C=O) groups is 2. The summed E-state index contributed by atoms with van der Waals surface area (Å²) in [6.45, 7) is 5.27. The van der Waals surface area contributed by atoms with E-state index in [-0.39, 0.29) is 11.9 Å². The minimum absolute atomic E-state index is 0.00938. The highest BCUT2D eigenvalue weighted by Crippen LogP contribution is 2.31. The number of rotatable bonds is 5. The Morgan fingerprint density at radius 1 is 1.12 bits per heavy atom. The van der Waals surface area contributed by atoms with Crippen molar-refractivity contribution in [2.45, 2.75) is 32.9 Å². The minimum Gasteiger partial charge on any atom is -0.366 e. The van der Waals surface area contributed by atoms with Crippen LogP contribution in [0, 0.1) is 11.3 Å². The van der Waals surface area contributed by atoms with E-state index in [2.05, 4.69) is 31.9 Å². The van der Waals surface area contributed by atoms with Gasteiger partial charge in [0.2, 0.25) is 0 Å². The molecular formula is C24H24N6O2S. The summed E-state index contributed by atoms with van der Waals surface area (Å²) in [4.78, 5) is 32.9. The van der Waals surface area contributed by atoms with Crippen molar-refractivity contribution >= 4 is 39.8 Å². The van der Waals surface area contributed by atoms with E-state index in [1.807, 2.05) is 38.1 Å². The maximum atomic E-state index is 12.6. The minimum atomic E-state index is -0.449. The van der Waals surface area contributed by atoms with E-state index in [0.717, 1.165) is 29.2 Å². The lowest BCUT2D eigenvalue weighted by atomic mass is 10.1. The molecule has 0 spiro atoms. The fourth-order valence-electron chi connectivity index (χ4n) is 3.60. The van der Waals surface area contributed by atoms with Gasteiger partial charge in [0, 0.05) is 29.6 Å². The molecule has 0 fully saturated rings. The Labute approximate surface area is 196 Å². The van der Waals surface area contributed by atoms with Gasteiger partial charge in [-0.15, -0.1) is 0 Å². The lowest BCUT2D eigenvalue weighted by molar-refractivity contribution is 0.0944. The predicted octanol–water partition coefficient (Wildman–Crippen LogP) is 4.36. The molecule has 0 atom stereocenters. The van der Waals surface area contributed by atoms with Crippen LogP contribution in [-0.2, 0) is 13.0 Å². The van der Waals surface area contributed by atoms with Gasteiger partial charge in [-0.1, -0.05) is 23.5 Å². The standard InChI is InChI=1S/C24H24N6O2S/c1-15(2)26-22(31)18-5-3-4-6-19(18)27-23(32)29-24-28-20-11-12-30(14-21(20)33-24)17-9-7-16(13-25)8-10-17/h3-10,15H,11-12,14H2,1-2H3,(H,26,31)(H2,27,28,29,32). The summed E-state index contributed by atoms with van der Waals surface area (Å²) in [7, 11) is 0. The van der Waals surface area contributed by atoms with E-state index in [9.17, 15) is 9.59 Å². The lowest BCUT2D eigenvalue weighted by Gasteiger charge is -2.28. The molecule has 2 aromatic carbocycles. The summed E-state index contributed by atoms with van der Waals surface area (Å²) in [6, 6.07) is 16.1. The Morgan fingerprint density at radius 3 is 2.61 bits per heavy atom. The van der Waals surface area contributed by atoms with Crippen LogP contribution in [0.2, 0.25) is 0 Å². The van der Waals surface area contributed by atoms with Gasteiger partial charge in [-0.2, -0.15) is 5.26 Å². The predicted molar refractivity (Wildman–Crippen MR) is 130 cm³/mol. The van der Waals surface area contributed by atoms with E-state index in [1.165, 1.54) is 11.3 Å². The Kier molecular flexibility index (Phi) is 6.56. The third kappa shape index (κ3) is 5.30. The first-order valence-electron chi connectivity index (χ1n) is 10.6. The summed E-state index contributed by atoms with van der Waals surface area (Å²) in [6.07, 6.45) is 0.771. The number of carbonyl (C=O) groups excluding carboxylic acids is 2. The number of nitrogens with one attached hydrogen (secondary N) is 3. The van der Waals surface area contributed by atoms with Crippen molar-refractivity contribution in [1.29, 1.82) is 5.26 Å². The number of hydrogen-bond donors (Lipinski definition) is 3. The molecule has 0 saturated heterocycles. The Morgan fingerprint density at radius 2 is 1.88 bits per heavy atom. The van der Waals surface area contributed by atoms with Crippen LogP contribution in [0.1, 0.15) is 40.3 Å². The normalized spacial score (nSPS) is 12.6. The summed E-state index contributed by atoms with van der Waals surface area (Å²) in [5, 5.41) is 17.9. The first kappa shape index (κ1) is 22.3. The van der Waals surface area contributed by atoms with Crippen LogP contribution in [0.25, 0.3) is 0 Å². The average molecular weight is 461 g/mol. The molecule has 33 heavy (non-hydrogen) atoms. The molecule has 168 valence electrons. The molecule has 1 aromatic heterocycles. The van der Waals surface area contributed by atoms with Gasteiger partial charge in [-0.3, -0.25) is 10.1 Å². The first-order chi connectivity index (χ1) is 15.9. The summed E-state index contributed by atoms with van der Waals surface area (Å²) in [5.74, 6) is -0.242. The van der Waals surface area contributed by atoms with Gasteiger partial charge in [0.05, 0.1) is 35.1 Å². The second-order valence-electron chi connectivity index (χ2n) is 7.97. The number of hydrogen-bond acceptors (Lipinski definition) is 6. The summed E-state index contributed by atoms with van der Waals surface area (Å²) < 4.78 is 0. The average Bonchev–Trinajstić information content (AvgIpc) is 3.20. The summed E-state index contributed by atoms with van der Waals surface area (Å²) >= 11 is 1.44. The number of thiazole rings is 1. The lowest BCUT2D eigenvalue weighted by Crippen LogP contribution is -2.31. The highest BCUT2D eigenvalue weighted by Gasteiger charge is 2.22. The Hall–Kier alpha value is -3.90. The molecule has 0 aliphatic carbocycles. The molecule has 4 rings (SSSR count). The molecule has 8 nitrogen and oxygen atoms in total. The molecular weight excluding hydrogens is 436 g/mol. The van der Waals surface area contributed by atoms with Gasteiger partial charge in [0.15, 0.2) is 5.13 Å². The van der Waals surface area contributed by atoms with Crippen molar-refractivity contribution in [1.82, 2.24) is 10.3 Å². The molecule has 0 saturated carbocycles. The zero-order valence-electron chi connectivity index (χ0n) is 18.4. The molecule has 0 bridgehead atoms.